The van der Waals surface area contributed by atoms with Gasteiger partial charge in [0.2, 0.25) is 0 Å². The van der Waals surface area contributed by atoms with Crippen molar-refractivity contribution in [2.45, 2.75) is 40.0 Å². The molecule has 0 saturated heterocycles. The molecule has 2 rings (SSSR count). The molecule has 0 atom stereocenters. The Hall–Kier alpha value is -1.28. The number of hydrogen-bond donors (Lipinski definition) is 1. The molecule has 1 aromatic carbocycles. The van der Waals surface area contributed by atoms with Crippen LogP contribution in [0.15, 0.2) is 18.2 Å². The molecule has 0 radical (unpaired) electrons. The highest BCUT2D eigenvalue weighted by Crippen LogP contribution is 2.30. The third kappa shape index (κ3) is 2.84. The molecule has 2 nitrogen and oxygen atoms in total. The summed E-state index contributed by atoms with van der Waals surface area (Å²) in [5.74, 6) is 1.45. The predicted molar refractivity (Wildman–Crippen MR) is 84.4 cm³/mol. The van der Waals surface area contributed by atoms with E-state index in [9.17, 15) is 0 Å². The summed E-state index contributed by atoms with van der Waals surface area (Å²) in [7, 11) is 0. The Labute approximate surface area is 120 Å². The second kappa shape index (κ2) is 5.79. The normalized spacial score (nSPS) is 11.3. The van der Waals surface area contributed by atoms with Crippen molar-refractivity contribution in [2.75, 3.05) is 11.9 Å². The van der Waals surface area contributed by atoms with E-state index in [-0.39, 0.29) is 0 Å². The maximum atomic E-state index is 6.19. The molecule has 0 amide bonds. The zero-order valence-electron chi connectivity index (χ0n) is 12.0. The van der Waals surface area contributed by atoms with Crippen molar-refractivity contribution in [1.82, 2.24) is 4.98 Å². The van der Waals surface area contributed by atoms with Crippen LogP contribution >= 0.6 is 11.6 Å². The molecule has 0 aliphatic heterocycles. The van der Waals surface area contributed by atoms with E-state index in [0.717, 1.165) is 40.3 Å². The number of aromatic nitrogens is 1. The molecule has 2 aromatic rings. The minimum atomic E-state index is 0.451. The molecule has 0 fully saturated rings. The first-order valence-corrected chi connectivity index (χ1v) is 7.26. The first-order chi connectivity index (χ1) is 9.04. The fraction of sp³-hybridized carbons (Fsp3) is 0.438. The lowest BCUT2D eigenvalue weighted by molar-refractivity contribution is 0.856. The molecule has 0 bridgehead atoms. The van der Waals surface area contributed by atoms with Gasteiger partial charge in [0, 0.05) is 17.0 Å². The molecule has 0 unspecified atom stereocenters. The molecule has 102 valence electrons. The van der Waals surface area contributed by atoms with E-state index < -0.39 is 0 Å². The van der Waals surface area contributed by atoms with Gasteiger partial charge in [-0.05, 0) is 42.5 Å². The topological polar surface area (TPSA) is 24.9 Å². The molecule has 1 N–H and O–H groups in total. The molecule has 1 heterocycles. The van der Waals surface area contributed by atoms with E-state index in [2.05, 4.69) is 32.2 Å². The van der Waals surface area contributed by atoms with Crippen LogP contribution < -0.4 is 5.32 Å². The predicted octanol–water partition coefficient (Wildman–Crippen LogP) is 5.14. The molecule has 0 aliphatic rings. The monoisotopic (exact) mass is 276 g/mol. The van der Waals surface area contributed by atoms with Crippen LogP contribution in [0.2, 0.25) is 5.02 Å². The van der Waals surface area contributed by atoms with Gasteiger partial charge in [-0.25, -0.2) is 4.98 Å². The van der Waals surface area contributed by atoms with Gasteiger partial charge in [0.1, 0.15) is 5.82 Å². The van der Waals surface area contributed by atoms with E-state index in [1.807, 2.05) is 19.1 Å². The van der Waals surface area contributed by atoms with E-state index in [4.69, 9.17) is 16.6 Å². The average Bonchev–Trinajstić information content (AvgIpc) is 2.40. The van der Waals surface area contributed by atoms with E-state index in [1.54, 1.807) is 0 Å². The fourth-order valence-electron chi connectivity index (χ4n) is 2.20. The first kappa shape index (κ1) is 14.1. The largest absolute Gasteiger partial charge is 0.370 e. The van der Waals surface area contributed by atoms with Crippen LogP contribution in [0, 0.1) is 6.92 Å². The van der Waals surface area contributed by atoms with Crippen molar-refractivity contribution in [3.8, 4) is 0 Å². The first-order valence-electron chi connectivity index (χ1n) is 6.88. The standard InChI is InChI=1S/C16H21ClN2/c1-5-8-18-16-13(10(2)3)9-12-6-7-14(17)11(4)15(12)19-16/h6-7,9-10H,5,8H2,1-4H3,(H,18,19). The highest BCUT2D eigenvalue weighted by Gasteiger charge is 2.12. The van der Waals surface area contributed by atoms with Gasteiger partial charge in [-0.3, -0.25) is 0 Å². The van der Waals surface area contributed by atoms with Crippen LogP contribution in [-0.4, -0.2) is 11.5 Å². The maximum absolute atomic E-state index is 6.19. The zero-order chi connectivity index (χ0) is 14.0. The zero-order valence-corrected chi connectivity index (χ0v) is 12.8. The van der Waals surface area contributed by atoms with Gasteiger partial charge in [-0.2, -0.15) is 0 Å². The molecule has 0 spiro atoms. The molecular weight excluding hydrogens is 256 g/mol. The van der Waals surface area contributed by atoms with Crippen molar-refractivity contribution < 1.29 is 0 Å². The minimum Gasteiger partial charge on any atom is -0.370 e. The second-order valence-electron chi connectivity index (χ2n) is 5.25. The third-order valence-corrected chi connectivity index (χ3v) is 3.78. The molecule has 0 saturated carbocycles. The van der Waals surface area contributed by atoms with Crippen LogP contribution in [0.3, 0.4) is 0 Å². The van der Waals surface area contributed by atoms with E-state index in [1.165, 1.54) is 5.56 Å². The summed E-state index contributed by atoms with van der Waals surface area (Å²) in [5.41, 5.74) is 3.31. The van der Waals surface area contributed by atoms with Crippen LogP contribution in [0.4, 0.5) is 5.82 Å². The summed E-state index contributed by atoms with van der Waals surface area (Å²) in [6, 6.07) is 6.23. The van der Waals surface area contributed by atoms with Crippen molar-refractivity contribution in [3.63, 3.8) is 0 Å². The summed E-state index contributed by atoms with van der Waals surface area (Å²) in [4.78, 5) is 4.80. The SMILES string of the molecule is CCCNc1nc2c(C)c(Cl)ccc2cc1C(C)C. The molecule has 0 aliphatic carbocycles. The van der Waals surface area contributed by atoms with Crippen LogP contribution in [0.1, 0.15) is 44.2 Å². The Balaban J connectivity index is 2.62. The summed E-state index contributed by atoms with van der Waals surface area (Å²) in [6.45, 7) is 9.52. The minimum absolute atomic E-state index is 0.451. The fourth-order valence-corrected chi connectivity index (χ4v) is 2.35. The smallest absolute Gasteiger partial charge is 0.130 e. The lowest BCUT2D eigenvalue weighted by Gasteiger charge is -2.16. The van der Waals surface area contributed by atoms with Gasteiger partial charge in [-0.1, -0.05) is 38.4 Å². The van der Waals surface area contributed by atoms with Gasteiger partial charge >= 0.3 is 0 Å². The number of hydrogen-bond acceptors (Lipinski definition) is 2. The summed E-state index contributed by atoms with van der Waals surface area (Å²) >= 11 is 6.19. The Bertz CT molecular complexity index is 591. The molecular formula is C16H21ClN2. The summed E-state index contributed by atoms with van der Waals surface area (Å²) in [6.07, 6.45) is 1.09. The van der Waals surface area contributed by atoms with Crippen LogP contribution in [0.25, 0.3) is 10.9 Å². The van der Waals surface area contributed by atoms with Crippen molar-refractivity contribution in [2.24, 2.45) is 0 Å². The van der Waals surface area contributed by atoms with E-state index in [0.29, 0.717) is 5.92 Å². The van der Waals surface area contributed by atoms with Gasteiger partial charge < -0.3 is 5.32 Å². The molecule has 1 aromatic heterocycles. The number of pyridine rings is 1. The highest BCUT2D eigenvalue weighted by molar-refractivity contribution is 6.32. The van der Waals surface area contributed by atoms with Crippen LogP contribution in [-0.2, 0) is 0 Å². The number of nitrogens with one attached hydrogen (secondary N) is 1. The number of benzene rings is 1. The number of nitrogens with zero attached hydrogens (tertiary/aromatic N) is 1. The van der Waals surface area contributed by atoms with Gasteiger partial charge in [0.25, 0.3) is 0 Å². The van der Waals surface area contributed by atoms with Crippen molar-refractivity contribution >= 4 is 28.3 Å². The highest BCUT2D eigenvalue weighted by atomic mass is 35.5. The van der Waals surface area contributed by atoms with Crippen molar-refractivity contribution in [1.29, 1.82) is 0 Å². The van der Waals surface area contributed by atoms with Crippen LogP contribution in [0.5, 0.6) is 0 Å². The van der Waals surface area contributed by atoms with Crippen molar-refractivity contribution in [3.05, 3.63) is 34.3 Å². The second-order valence-corrected chi connectivity index (χ2v) is 5.66. The average molecular weight is 277 g/mol. The molecule has 19 heavy (non-hydrogen) atoms. The van der Waals surface area contributed by atoms with Gasteiger partial charge in [0.05, 0.1) is 5.52 Å². The summed E-state index contributed by atoms with van der Waals surface area (Å²) in [5, 5.41) is 5.37. The summed E-state index contributed by atoms with van der Waals surface area (Å²) < 4.78 is 0. The number of fused-ring (bicyclic) bond motifs is 1. The Morgan fingerprint density at radius 2 is 2.05 bits per heavy atom. The molecule has 3 heteroatoms. The number of rotatable bonds is 4. The quantitative estimate of drug-likeness (QED) is 0.836. The third-order valence-electron chi connectivity index (χ3n) is 3.37. The Kier molecular flexibility index (Phi) is 4.31. The Morgan fingerprint density at radius 1 is 1.32 bits per heavy atom. The number of aryl methyl sites for hydroxylation is 1. The lowest BCUT2D eigenvalue weighted by atomic mass is 10.0. The van der Waals surface area contributed by atoms with Gasteiger partial charge in [0.15, 0.2) is 0 Å². The lowest BCUT2D eigenvalue weighted by Crippen LogP contribution is -2.07. The number of halogens is 1. The maximum Gasteiger partial charge on any atom is 0.130 e. The Morgan fingerprint density at radius 3 is 2.68 bits per heavy atom. The number of anilines is 1. The van der Waals surface area contributed by atoms with Gasteiger partial charge in [-0.15, -0.1) is 0 Å². The van der Waals surface area contributed by atoms with E-state index >= 15 is 0 Å².